The average molecular weight is 273 g/mol. The number of hydrogen-bond acceptors (Lipinski definition) is 2. The molecule has 0 saturated carbocycles. The molecule has 0 atom stereocenters. The van der Waals surface area contributed by atoms with Gasteiger partial charge in [0.25, 0.3) is 0 Å². The van der Waals surface area contributed by atoms with E-state index < -0.39 is 0 Å². The molecule has 1 aromatic carbocycles. The number of thiophene rings is 1. The van der Waals surface area contributed by atoms with Crippen LogP contribution in [-0.4, -0.2) is 25.0 Å². The summed E-state index contributed by atoms with van der Waals surface area (Å²) in [7, 11) is 2.23. The van der Waals surface area contributed by atoms with Crippen molar-refractivity contribution in [3.63, 3.8) is 0 Å². The monoisotopic (exact) mass is 273 g/mol. The van der Waals surface area contributed by atoms with Crippen molar-refractivity contribution >= 4 is 21.4 Å². The summed E-state index contributed by atoms with van der Waals surface area (Å²) in [5, 5.41) is 3.93. The third-order valence-electron chi connectivity index (χ3n) is 4.45. The smallest absolute Gasteiger partial charge is 0.0345 e. The molecule has 1 aliphatic rings. The predicted molar refractivity (Wildman–Crippen MR) is 85.4 cm³/mol. The summed E-state index contributed by atoms with van der Waals surface area (Å²) in [5.74, 6) is 1.39. The summed E-state index contributed by atoms with van der Waals surface area (Å²) in [6.07, 6.45) is 2.63. The molecular formula is C17H23NS. The van der Waals surface area contributed by atoms with Crippen LogP contribution < -0.4 is 0 Å². The zero-order valence-corrected chi connectivity index (χ0v) is 13.0. The van der Waals surface area contributed by atoms with Crippen molar-refractivity contribution in [2.75, 3.05) is 20.1 Å². The van der Waals surface area contributed by atoms with Gasteiger partial charge in [0.2, 0.25) is 0 Å². The maximum atomic E-state index is 2.45. The molecular weight excluding hydrogens is 250 g/mol. The van der Waals surface area contributed by atoms with Crippen molar-refractivity contribution in [2.24, 2.45) is 0 Å². The van der Waals surface area contributed by atoms with Gasteiger partial charge in [-0.1, -0.05) is 19.9 Å². The van der Waals surface area contributed by atoms with Crippen LogP contribution in [0.3, 0.4) is 0 Å². The van der Waals surface area contributed by atoms with Gasteiger partial charge in [0.1, 0.15) is 0 Å². The molecule has 2 aromatic rings. The molecule has 2 heterocycles. The van der Waals surface area contributed by atoms with Crippen molar-refractivity contribution in [1.82, 2.24) is 4.90 Å². The summed E-state index contributed by atoms with van der Waals surface area (Å²) < 4.78 is 1.46. The second-order valence-electron chi connectivity index (χ2n) is 6.18. The molecule has 102 valence electrons. The van der Waals surface area contributed by atoms with Crippen LogP contribution in [0.1, 0.15) is 49.7 Å². The molecule has 0 bridgehead atoms. The predicted octanol–water partition coefficient (Wildman–Crippen LogP) is 4.83. The van der Waals surface area contributed by atoms with Gasteiger partial charge in [-0.2, -0.15) is 0 Å². The number of piperidine rings is 1. The Balaban J connectivity index is 1.97. The minimum absolute atomic E-state index is 0.620. The molecule has 0 amide bonds. The molecule has 1 nitrogen and oxygen atoms in total. The Morgan fingerprint density at radius 2 is 1.95 bits per heavy atom. The number of nitrogens with zero attached hydrogens (tertiary/aromatic N) is 1. The topological polar surface area (TPSA) is 3.24 Å². The molecule has 1 aliphatic heterocycles. The summed E-state index contributed by atoms with van der Waals surface area (Å²) in [4.78, 5) is 2.45. The van der Waals surface area contributed by atoms with Gasteiger partial charge in [0.05, 0.1) is 0 Å². The maximum Gasteiger partial charge on any atom is 0.0345 e. The van der Waals surface area contributed by atoms with Crippen LogP contribution in [0.4, 0.5) is 0 Å². The van der Waals surface area contributed by atoms with Crippen molar-refractivity contribution in [1.29, 1.82) is 0 Å². The van der Waals surface area contributed by atoms with E-state index in [1.807, 2.05) is 11.3 Å². The maximum absolute atomic E-state index is 2.45. The van der Waals surface area contributed by atoms with Crippen LogP contribution in [0.25, 0.3) is 10.1 Å². The minimum atomic E-state index is 0.620. The zero-order chi connectivity index (χ0) is 13.4. The summed E-state index contributed by atoms with van der Waals surface area (Å²) >= 11 is 1.92. The normalized spacial score (nSPS) is 18.5. The van der Waals surface area contributed by atoms with Crippen LogP contribution in [0, 0.1) is 0 Å². The minimum Gasteiger partial charge on any atom is -0.306 e. The lowest BCUT2D eigenvalue weighted by molar-refractivity contribution is 0.256. The number of benzene rings is 1. The molecule has 0 N–H and O–H groups in total. The van der Waals surface area contributed by atoms with Gasteiger partial charge in [0.15, 0.2) is 0 Å². The highest BCUT2D eigenvalue weighted by Crippen LogP contribution is 2.37. The highest BCUT2D eigenvalue weighted by molar-refractivity contribution is 7.17. The van der Waals surface area contributed by atoms with E-state index in [1.165, 1.54) is 41.6 Å². The van der Waals surface area contributed by atoms with E-state index in [4.69, 9.17) is 0 Å². The van der Waals surface area contributed by atoms with Crippen LogP contribution in [0.5, 0.6) is 0 Å². The van der Waals surface area contributed by atoms with Gasteiger partial charge in [0, 0.05) is 4.70 Å². The number of rotatable bonds is 2. The van der Waals surface area contributed by atoms with E-state index in [0.29, 0.717) is 5.92 Å². The van der Waals surface area contributed by atoms with Crippen LogP contribution in [-0.2, 0) is 0 Å². The highest BCUT2D eigenvalue weighted by atomic mass is 32.1. The SMILES string of the molecule is CC(C)c1ccc2scc(C3CCN(C)CC3)c2c1. The summed E-state index contributed by atoms with van der Waals surface area (Å²) in [6.45, 7) is 7.04. The molecule has 0 aliphatic carbocycles. The van der Waals surface area contributed by atoms with Gasteiger partial charge in [-0.3, -0.25) is 0 Å². The molecule has 2 heteroatoms. The van der Waals surface area contributed by atoms with Gasteiger partial charge in [-0.05, 0) is 78.8 Å². The first-order valence-corrected chi connectivity index (χ1v) is 8.22. The van der Waals surface area contributed by atoms with Crippen LogP contribution in [0.2, 0.25) is 0 Å². The lowest BCUT2D eigenvalue weighted by Gasteiger charge is -2.28. The van der Waals surface area contributed by atoms with Gasteiger partial charge >= 0.3 is 0 Å². The molecule has 19 heavy (non-hydrogen) atoms. The van der Waals surface area contributed by atoms with E-state index in [0.717, 1.165) is 5.92 Å². The van der Waals surface area contributed by atoms with Gasteiger partial charge < -0.3 is 4.90 Å². The Kier molecular flexibility index (Phi) is 3.64. The fourth-order valence-corrected chi connectivity index (χ4v) is 4.08. The molecule has 1 aromatic heterocycles. The summed E-state index contributed by atoms with van der Waals surface area (Å²) in [5.41, 5.74) is 3.08. The van der Waals surface area contributed by atoms with Crippen molar-refractivity contribution in [3.05, 3.63) is 34.7 Å². The molecule has 1 fully saturated rings. The van der Waals surface area contributed by atoms with Crippen LogP contribution >= 0.6 is 11.3 Å². The van der Waals surface area contributed by atoms with Gasteiger partial charge in [-0.25, -0.2) is 0 Å². The molecule has 1 saturated heterocycles. The number of hydrogen-bond donors (Lipinski definition) is 0. The molecule has 3 rings (SSSR count). The van der Waals surface area contributed by atoms with Crippen molar-refractivity contribution in [2.45, 2.75) is 38.5 Å². The van der Waals surface area contributed by atoms with E-state index in [1.54, 1.807) is 5.56 Å². The second-order valence-corrected chi connectivity index (χ2v) is 7.09. The first-order chi connectivity index (χ1) is 9.15. The zero-order valence-electron chi connectivity index (χ0n) is 12.1. The summed E-state index contributed by atoms with van der Waals surface area (Å²) in [6, 6.07) is 7.04. The van der Waals surface area contributed by atoms with E-state index in [-0.39, 0.29) is 0 Å². The molecule has 0 unspecified atom stereocenters. The first-order valence-electron chi connectivity index (χ1n) is 7.34. The number of fused-ring (bicyclic) bond motifs is 1. The van der Waals surface area contributed by atoms with Crippen molar-refractivity contribution in [3.8, 4) is 0 Å². The van der Waals surface area contributed by atoms with Gasteiger partial charge in [-0.15, -0.1) is 11.3 Å². The Hall–Kier alpha value is -0.860. The second kappa shape index (κ2) is 5.26. The Bertz CT molecular complexity index is 562. The fraction of sp³-hybridized carbons (Fsp3) is 0.529. The van der Waals surface area contributed by atoms with E-state index >= 15 is 0 Å². The number of likely N-dealkylation sites (tertiary alicyclic amines) is 1. The quantitative estimate of drug-likeness (QED) is 0.757. The lowest BCUT2D eigenvalue weighted by Crippen LogP contribution is -2.29. The third kappa shape index (κ3) is 2.56. The van der Waals surface area contributed by atoms with E-state index in [9.17, 15) is 0 Å². The molecule has 0 spiro atoms. The molecule has 0 radical (unpaired) electrons. The Morgan fingerprint density at radius 1 is 1.21 bits per heavy atom. The highest BCUT2D eigenvalue weighted by Gasteiger charge is 2.21. The largest absolute Gasteiger partial charge is 0.306 e. The lowest BCUT2D eigenvalue weighted by atomic mass is 9.88. The third-order valence-corrected chi connectivity index (χ3v) is 5.43. The first kappa shape index (κ1) is 13.1. The van der Waals surface area contributed by atoms with E-state index in [2.05, 4.69) is 49.4 Å². The Labute approximate surface area is 120 Å². The van der Waals surface area contributed by atoms with Crippen LogP contribution in [0.15, 0.2) is 23.6 Å². The standard InChI is InChI=1S/C17H23NS/c1-12(2)14-4-5-17-15(10-14)16(11-19-17)13-6-8-18(3)9-7-13/h4-5,10-13H,6-9H2,1-3H3. The fourth-order valence-electron chi connectivity index (χ4n) is 3.06. The average Bonchev–Trinajstić information content (AvgIpc) is 2.82. The van der Waals surface area contributed by atoms with Crippen molar-refractivity contribution < 1.29 is 0 Å². The Morgan fingerprint density at radius 3 is 2.63 bits per heavy atom.